The molecule has 21 heavy (non-hydrogen) atoms. The molecule has 0 unspecified atom stereocenters. The number of para-hydroxylation sites is 2. The highest BCUT2D eigenvalue weighted by Gasteiger charge is 2.19. The number of carbonyl (C=O) groups is 1. The third kappa shape index (κ3) is 3.44. The Morgan fingerprint density at radius 1 is 1.10 bits per heavy atom. The Bertz CT molecular complexity index is 667. The van der Waals surface area contributed by atoms with Crippen molar-refractivity contribution in [2.24, 2.45) is 0 Å². The lowest BCUT2D eigenvalue weighted by Gasteiger charge is -2.23. The molecule has 4 heteroatoms. The Labute approximate surface area is 129 Å². The van der Waals surface area contributed by atoms with Crippen LogP contribution < -0.4 is 4.90 Å². The van der Waals surface area contributed by atoms with E-state index in [2.05, 4.69) is 0 Å². The number of ether oxygens (including phenoxy) is 1. The van der Waals surface area contributed by atoms with Crippen LogP contribution >= 0.6 is 11.6 Å². The topological polar surface area (TPSA) is 29.5 Å². The van der Waals surface area contributed by atoms with Crippen LogP contribution in [0.5, 0.6) is 0 Å². The van der Waals surface area contributed by atoms with Crippen molar-refractivity contribution in [3.8, 4) is 0 Å². The number of benzene rings is 2. The molecule has 0 aliphatic rings. The van der Waals surface area contributed by atoms with E-state index in [0.29, 0.717) is 5.69 Å². The lowest BCUT2D eigenvalue weighted by atomic mass is 10.1. The first-order valence-corrected chi connectivity index (χ1v) is 6.86. The minimum absolute atomic E-state index is 0.553. The van der Waals surface area contributed by atoms with E-state index in [1.165, 1.54) is 4.90 Å². The predicted molar refractivity (Wildman–Crippen MR) is 87.1 cm³/mol. The van der Waals surface area contributed by atoms with Gasteiger partial charge in [-0.1, -0.05) is 36.4 Å². The highest BCUT2D eigenvalue weighted by molar-refractivity contribution is 6.67. The Morgan fingerprint density at radius 2 is 1.71 bits per heavy atom. The molecule has 0 saturated carbocycles. The number of anilines is 2. The van der Waals surface area contributed by atoms with Gasteiger partial charge in [0.05, 0.1) is 24.7 Å². The summed E-state index contributed by atoms with van der Waals surface area (Å²) in [6.07, 6.45) is 3.36. The van der Waals surface area contributed by atoms with E-state index in [1.54, 1.807) is 19.4 Å². The first-order chi connectivity index (χ1) is 10.1. The van der Waals surface area contributed by atoms with Crippen molar-refractivity contribution in [1.29, 1.82) is 0 Å². The van der Waals surface area contributed by atoms with Gasteiger partial charge in [-0.3, -0.25) is 9.69 Å². The molecule has 0 N–H and O–H groups in total. The zero-order valence-corrected chi connectivity index (χ0v) is 12.7. The molecule has 3 nitrogen and oxygen atoms in total. The quantitative estimate of drug-likeness (QED) is 0.446. The van der Waals surface area contributed by atoms with Crippen molar-refractivity contribution in [3.05, 3.63) is 65.9 Å². The van der Waals surface area contributed by atoms with Gasteiger partial charge < -0.3 is 4.74 Å². The number of methoxy groups -OCH3 is 1. The molecule has 2 aromatic rings. The number of carbonyl (C=O) groups excluding carboxylic acids is 1. The lowest BCUT2D eigenvalue weighted by molar-refractivity contribution is 0.266. The van der Waals surface area contributed by atoms with Crippen LogP contribution in [0, 0.1) is 6.92 Å². The van der Waals surface area contributed by atoms with Gasteiger partial charge in [0.25, 0.3) is 0 Å². The number of rotatable bonds is 4. The van der Waals surface area contributed by atoms with Gasteiger partial charge in [-0.25, -0.2) is 0 Å². The second-order valence-corrected chi connectivity index (χ2v) is 4.80. The lowest BCUT2D eigenvalue weighted by Crippen LogP contribution is -2.21. The number of hydrogen-bond donors (Lipinski definition) is 0. The van der Waals surface area contributed by atoms with Crippen molar-refractivity contribution in [1.82, 2.24) is 0 Å². The van der Waals surface area contributed by atoms with Gasteiger partial charge in [0.1, 0.15) is 0 Å². The van der Waals surface area contributed by atoms with E-state index >= 15 is 0 Å². The molecule has 0 heterocycles. The third-order valence-electron chi connectivity index (χ3n) is 3.09. The standard InChI is InChI=1S/C17H16ClNO2/c1-13-7-3-5-9-15(13)19(17(18)20)16-10-6-4-8-14(16)11-12-21-2/h3-12H,1-2H3/b12-11+. The molecule has 0 bridgehead atoms. The molecule has 0 atom stereocenters. The molecular formula is C17H16ClNO2. The third-order valence-corrected chi connectivity index (χ3v) is 3.26. The highest BCUT2D eigenvalue weighted by atomic mass is 35.5. The van der Waals surface area contributed by atoms with Gasteiger partial charge in [-0.05, 0) is 42.3 Å². The maximum Gasteiger partial charge on any atom is 0.325 e. The van der Waals surface area contributed by atoms with Crippen LogP contribution in [0.3, 0.4) is 0 Å². The summed E-state index contributed by atoms with van der Waals surface area (Å²) >= 11 is 5.82. The summed E-state index contributed by atoms with van der Waals surface area (Å²) in [5.41, 5.74) is 3.28. The van der Waals surface area contributed by atoms with Crippen LogP contribution in [-0.4, -0.2) is 12.5 Å². The SMILES string of the molecule is CO/C=C/c1ccccc1N(C(=O)Cl)c1ccccc1C. The summed E-state index contributed by atoms with van der Waals surface area (Å²) in [5.74, 6) is 0. The van der Waals surface area contributed by atoms with Crippen LogP contribution in [-0.2, 0) is 4.74 Å². The minimum Gasteiger partial charge on any atom is -0.504 e. The van der Waals surface area contributed by atoms with Gasteiger partial charge in [-0.15, -0.1) is 0 Å². The van der Waals surface area contributed by atoms with Crippen molar-refractivity contribution < 1.29 is 9.53 Å². The maximum absolute atomic E-state index is 12.0. The monoisotopic (exact) mass is 301 g/mol. The van der Waals surface area contributed by atoms with Crippen molar-refractivity contribution in [2.75, 3.05) is 12.0 Å². The Kier molecular flexibility index (Phi) is 5.01. The minimum atomic E-state index is -0.553. The molecule has 1 amide bonds. The predicted octanol–water partition coefficient (Wildman–Crippen LogP) is 5.11. The van der Waals surface area contributed by atoms with Crippen molar-refractivity contribution in [2.45, 2.75) is 6.92 Å². The Morgan fingerprint density at radius 3 is 2.33 bits per heavy atom. The summed E-state index contributed by atoms with van der Waals surface area (Å²) < 4.78 is 4.95. The van der Waals surface area contributed by atoms with Gasteiger partial charge in [0, 0.05) is 5.56 Å². The van der Waals surface area contributed by atoms with E-state index in [-0.39, 0.29) is 0 Å². The van der Waals surface area contributed by atoms with Crippen LogP contribution in [0.2, 0.25) is 0 Å². The molecule has 108 valence electrons. The van der Waals surface area contributed by atoms with E-state index in [1.807, 2.05) is 55.5 Å². The van der Waals surface area contributed by atoms with Crippen LogP contribution in [0.25, 0.3) is 6.08 Å². The molecule has 0 radical (unpaired) electrons. The van der Waals surface area contributed by atoms with Gasteiger partial charge >= 0.3 is 5.37 Å². The molecule has 0 saturated heterocycles. The number of hydrogen-bond acceptors (Lipinski definition) is 2. The first-order valence-electron chi connectivity index (χ1n) is 6.48. The number of nitrogens with zero attached hydrogens (tertiary/aromatic N) is 1. The molecular weight excluding hydrogens is 286 g/mol. The number of aryl methyl sites for hydroxylation is 1. The van der Waals surface area contributed by atoms with Crippen molar-refractivity contribution in [3.63, 3.8) is 0 Å². The highest BCUT2D eigenvalue weighted by Crippen LogP contribution is 2.32. The van der Waals surface area contributed by atoms with Gasteiger partial charge in [-0.2, -0.15) is 0 Å². The zero-order chi connectivity index (χ0) is 15.2. The average Bonchev–Trinajstić information content (AvgIpc) is 2.48. The summed E-state index contributed by atoms with van der Waals surface area (Å²) in [7, 11) is 1.57. The van der Waals surface area contributed by atoms with Crippen LogP contribution in [0.1, 0.15) is 11.1 Å². The molecule has 0 aliphatic carbocycles. The molecule has 0 aromatic heterocycles. The zero-order valence-electron chi connectivity index (χ0n) is 11.9. The van der Waals surface area contributed by atoms with Crippen LogP contribution in [0.4, 0.5) is 16.2 Å². The fourth-order valence-electron chi connectivity index (χ4n) is 2.11. The van der Waals surface area contributed by atoms with Gasteiger partial charge in [0.15, 0.2) is 0 Å². The fraction of sp³-hybridized carbons (Fsp3) is 0.118. The van der Waals surface area contributed by atoms with Crippen LogP contribution in [0.15, 0.2) is 54.8 Å². The second-order valence-electron chi connectivity index (χ2n) is 4.47. The molecule has 0 aliphatic heterocycles. The van der Waals surface area contributed by atoms with E-state index < -0.39 is 5.37 Å². The smallest absolute Gasteiger partial charge is 0.325 e. The Balaban J connectivity index is 2.57. The Hall–Kier alpha value is -2.26. The number of amides is 1. The summed E-state index contributed by atoms with van der Waals surface area (Å²) in [6, 6.07) is 15.1. The van der Waals surface area contributed by atoms with E-state index in [0.717, 1.165) is 16.8 Å². The largest absolute Gasteiger partial charge is 0.504 e. The van der Waals surface area contributed by atoms with Crippen molar-refractivity contribution >= 4 is 34.4 Å². The summed E-state index contributed by atoms with van der Waals surface area (Å²) in [4.78, 5) is 13.5. The normalized spacial score (nSPS) is 10.6. The fourth-order valence-corrected chi connectivity index (χ4v) is 2.29. The summed E-state index contributed by atoms with van der Waals surface area (Å²) in [5, 5.41) is -0.553. The molecule has 0 spiro atoms. The second kappa shape index (κ2) is 6.95. The average molecular weight is 302 g/mol. The van der Waals surface area contributed by atoms with Gasteiger partial charge in [0.2, 0.25) is 0 Å². The molecule has 0 fully saturated rings. The maximum atomic E-state index is 12.0. The molecule has 2 aromatic carbocycles. The van der Waals surface area contributed by atoms with E-state index in [4.69, 9.17) is 16.3 Å². The summed E-state index contributed by atoms with van der Waals surface area (Å²) in [6.45, 7) is 1.94. The molecule has 2 rings (SSSR count). The number of halogens is 1. The first kappa shape index (κ1) is 15.1. The van der Waals surface area contributed by atoms with E-state index in [9.17, 15) is 4.79 Å².